The van der Waals surface area contributed by atoms with Gasteiger partial charge in [-0.1, -0.05) is 6.07 Å². The van der Waals surface area contributed by atoms with Crippen LogP contribution in [-0.4, -0.2) is 35.3 Å². The fraction of sp³-hybridized carbons (Fsp3) is 0.615. The van der Waals surface area contributed by atoms with E-state index in [1.165, 1.54) is 11.0 Å². The van der Waals surface area contributed by atoms with Crippen LogP contribution in [0, 0.1) is 5.92 Å². The first-order chi connectivity index (χ1) is 8.92. The minimum absolute atomic E-state index is 0.0449. The van der Waals surface area contributed by atoms with Crippen molar-refractivity contribution in [1.82, 2.24) is 9.47 Å². The number of halogens is 3. The summed E-state index contributed by atoms with van der Waals surface area (Å²) in [5.41, 5.74) is 0.840. The van der Waals surface area contributed by atoms with Gasteiger partial charge in [-0.15, -0.1) is 0 Å². The molecular weight excluding hydrogens is 257 g/mol. The maximum Gasteiger partial charge on any atom is 0.401 e. The molecule has 1 saturated heterocycles. The SMILES string of the molecule is O=c1cccc2n1CC1CC2CN(CC(F)(F)F)C1. The zero-order valence-corrected chi connectivity index (χ0v) is 10.4. The van der Waals surface area contributed by atoms with Crippen LogP contribution >= 0.6 is 0 Å². The van der Waals surface area contributed by atoms with Gasteiger partial charge in [0, 0.05) is 37.3 Å². The lowest BCUT2D eigenvalue weighted by Crippen LogP contribution is -2.49. The second-order valence-electron chi connectivity index (χ2n) is 5.51. The number of fused-ring (bicyclic) bond motifs is 4. The van der Waals surface area contributed by atoms with E-state index in [4.69, 9.17) is 0 Å². The molecule has 0 N–H and O–H groups in total. The molecule has 6 heteroatoms. The standard InChI is InChI=1S/C13H15F3N2O/c14-13(15,16)8-17-5-9-4-10(7-17)11-2-1-3-12(19)18(11)6-9/h1-3,9-10H,4-8H2. The van der Waals surface area contributed by atoms with Crippen molar-refractivity contribution < 1.29 is 13.2 Å². The van der Waals surface area contributed by atoms with Crippen molar-refractivity contribution in [2.24, 2.45) is 5.92 Å². The molecule has 2 unspecified atom stereocenters. The molecule has 0 radical (unpaired) electrons. The maximum absolute atomic E-state index is 12.5. The molecule has 1 aromatic heterocycles. The van der Waals surface area contributed by atoms with E-state index in [1.54, 1.807) is 10.6 Å². The monoisotopic (exact) mass is 272 g/mol. The maximum atomic E-state index is 12.5. The minimum atomic E-state index is -4.15. The third kappa shape index (κ3) is 2.54. The van der Waals surface area contributed by atoms with Gasteiger partial charge in [0.15, 0.2) is 0 Å². The van der Waals surface area contributed by atoms with Crippen LogP contribution in [-0.2, 0) is 6.54 Å². The van der Waals surface area contributed by atoms with Gasteiger partial charge < -0.3 is 4.57 Å². The highest BCUT2D eigenvalue weighted by atomic mass is 19.4. The third-order valence-electron chi connectivity index (χ3n) is 3.96. The van der Waals surface area contributed by atoms with Crippen molar-refractivity contribution in [3.63, 3.8) is 0 Å². The Labute approximate surface area is 108 Å². The predicted octanol–water partition coefficient (Wildman–Crippen LogP) is 1.83. The molecule has 1 fully saturated rings. The average Bonchev–Trinajstić information content (AvgIpc) is 2.28. The van der Waals surface area contributed by atoms with Crippen LogP contribution in [0.15, 0.2) is 23.0 Å². The van der Waals surface area contributed by atoms with Crippen LogP contribution in [0.25, 0.3) is 0 Å². The molecule has 0 aliphatic carbocycles. The number of piperidine rings is 1. The first kappa shape index (κ1) is 12.7. The van der Waals surface area contributed by atoms with E-state index in [9.17, 15) is 18.0 Å². The summed E-state index contributed by atoms with van der Waals surface area (Å²) in [6.45, 7) is 0.507. The summed E-state index contributed by atoms with van der Waals surface area (Å²) < 4.78 is 39.2. The van der Waals surface area contributed by atoms with Crippen molar-refractivity contribution in [2.75, 3.05) is 19.6 Å². The number of rotatable bonds is 1. The number of nitrogens with zero attached hydrogens (tertiary/aromatic N) is 2. The van der Waals surface area contributed by atoms with Gasteiger partial charge in [-0.2, -0.15) is 13.2 Å². The molecular formula is C13H15F3N2O. The molecule has 19 heavy (non-hydrogen) atoms. The zero-order chi connectivity index (χ0) is 13.6. The number of pyridine rings is 1. The fourth-order valence-electron chi connectivity index (χ4n) is 3.38. The van der Waals surface area contributed by atoms with E-state index < -0.39 is 12.7 Å². The van der Waals surface area contributed by atoms with Gasteiger partial charge in [0.1, 0.15) is 0 Å². The number of hydrogen-bond donors (Lipinski definition) is 0. The third-order valence-corrected chi connectivity index (χ3v) is 3.96. The van der Waals surface area contributed by atoms with Crippen LogP contribution in [0.2, 0.25) is 0 Å². The molecule has 2 bridgehead atoms. The van der Waals surface area contributed by atoms with Gasteiger partial charge in [-0.05, 0) is 18.4 Å². The number of aromatic nitrogens is 1. The average molecular weight is 272 g/mol. The van der Waals surface area contributed by atoms with E-state index in [2.05, 4.69) is 0 Å². The number of alkyl halides is 3. The summed E-state index contributed by atoms with van der Waals surface area (Å²) >= 11 is 0. The largest absolute Gasteiger partial charge is 0.401 e. The smallest absolute Gasteiger partial charge is 0.312 e. The normalized spacial score (nSPS) is 27.1. The highest BCUT2D eigenvalue weighted by Gasteiger charge is 2.39. The lowest BCUT2D eigenvalue weighted by Gasteiger charge is -2.42. The Morgan fingerprint density at radius 2 is 2.00 bits per heavy atom. The molecule has 0 spiro atoms. The van der Waals surface area contributed by atoms with Crippen molar-refractivity contribution in [3.05, 3.63) is 34.2 Å². The molecule has 0 saturated carbocycles. The highest BCUT2D eigenvalue weighted by molar-refractivity contribution is 5.16. The first-order valence-corrected chi connectivity index (χ1v) is 6.41. The van der Waals surface area contributed by atoms with E-state index in [-0.39, 0.29) is 17.4 Å². The summed E-state index contributed by atoms with van der Waals surface area (Å²) in [6.07, 6.45) is -3.26. The predicted molar refractivity (Wildman–Crippen MR) is 64.0 cm³/mol. The first-order valence-electron chi connectivity index (χ1n) is 6.41. The summed E-state index contributed by atoms with van der Waals surface area (Å²) in [6, 6.07) is 5.06. The molecule has 1 aromatic rings. The Kier molecular flexibility index (Phi) is 2.92. The van der Waals surface area contributed by atoms with Gasteiger partial charge >= 0.3 is 6.18 Å². The quantitative estimate of drug-likeness (QED) is 0.779. The minimum Gasteiger partial charge on any atom is -0.312 e. The second kappa shape index (κ2) is 4.37. The Morgan fingerprint density at radius 3 is 2.74 bits per heavy atom. The molecule has 3 nitrogen and oxygen atoms in total. The molecule has 3 heterocycles. The summed E-state index contributed by atoms with van der Waals surface area (Å²) in [5.74, 6) is 0.192. The van der Waals surface area contributed by atoms with Crippen molar-refractivity contribution in [2.45, 2.75) is 25.1 Å². The van der Waals surface area contributed by atoms with E-state index >= 15 is 0 Å². The number of likely N-dealkylation sites (tertiary alicyclic amines) is 1. The Hall–Kier alpha value is -1.30. The van der Waals surface area contributed by atoms with E-state index in [0.29, 0.717) is 19.6 Å². The van der Waals surface area contributed by atoms with Crippen LogP contribution < -0.4 is 5.56 Å². The molecule has 2 atom stereocenters. The van der Waals surface area contributed by atoms with Crippen molar-refractivity contribution >= 4 is 0 Å². The lowest BCUT2D eigenvalue weighted by atomic mass is 9.83. The van der Waals surface area contributed by atoms with Crippen molar-refractivity contribution in [1.29, 1.82) is 0 Å². The van der Waals surface area contributed by atoms with Gasteiger partial charge in [0.25, 0.3) is 5.56 Å². The molecule has 3 rings (SSSR count). The molecule has 2 aliphatic rings. The Bertz CT molecular complexity index is 537. The summed E-state index contributed by atoms with van der Waals surface area (Å²) in [5, 5.41) is 0. The fourth-order valence-corrected chi connectivity index (χ4v) is 3.38. The Morgan fingerprint density at radius 1 is 1.21 bits per heavy atom. The molecule has 2 aliphatic heterocycles. The van der Waals surface area contributed by atoms with Crippen LogP contribution in [0.3, 0.4) is 0 Å². The van der Waals surface area contributed by atoms with Gasteiger partial charge in [0.05, 0.1) is 6.54 Å². The lowest BCUT2D eigenvalue weighted by molar-refractivity contribution is -0.151. The van der Waals surface area contributed by atoms with Gasteiger partial charge in [-0.25, -0.2) is 0 Å². The Balaban J connectivity index is 1.86. The number of hydrogen-bond acceptors (Lipinski definition) is 2. The zero-order valence-electron chi connectivity index (χ0n) is 10.4. The summed E-state index contributed by atoms with van der Waals surface area (Å²) in [4.78, 5) is 13.2. The molecule has 104 valence electrons. The second-order valence-corrected chi connectivity index (χ2v) is 5.51. The topological polar surface area (TPSA) is 25.2 Å². The van der Waals surface area contributed by atoms with E-state index in [0.717, 1.165) is 12.1 Å². The van der Waals surface area contributed by atoms with Gasteiger partial charge in [-0.3, -0.25) is 9.69 Å². The molecule has 0 amide bonds. The van der Waals surface area contributed by atoms with Crippen LogP contribution in [0.4, 0.5) is 13.2 Å². The van der Waals surface area contributed by atoms with Crippen LogP contribution in [0.5, 0.6) is 0 Å². The van der Waals surface area contributed by atoms with Gasteiger partial charge in [0.2, 0.25) is 0 Å². The summed E-state index contributed by atoms with van der Waals surface area (Å²) in [7, 11) is 0. The highest BCUT2D eigenvalue weighted by Crippen LogP contribution is 2.35. The van der Waals surface area contributed by atoms with Crippen LogP contribution in [0.1, 0.15) is 18.0 Å². The molecule has 0 aromatic carbocycles. The van der Waals surface area contributed by atoms with Crippen molar-refractivity contribution in [3.8, 4) is 0 Å². The van der Waals surface area contributed by atoms with E-state index in [1.807, 2.05) is 6.07 Å².